The molecule has 1 aromatic rings. The molecule has 2 saturated heterocycles. The molecular formula is C15H20ClF3N4O. The van der Waals surface area contributed by atoms with Crippen LogP contribution in [0.2, 0.25) is 5.02 Å². The van der Waals surface area contributed by atoms with Gasteiger partial charge in [0.15, 0.2) is 5.69 Å². The van der Waals surface area contributed by atoms with Gasteiger partial charge in [0.05, 0.1) is 10.7 Å². The number of aromatic nitrogens is 2. The van der Waals surface area contributed by atoms with Crippen LogP contribution in [-0.4, -0.2) is 45.8 Å². The van der Waals surface area contributed by atoms with Crippen LogP contribution in [0.4, 0.5) is 13.2 Å². The summed E-state index contributed by atoms with van der Waals surface area (Å²) in [6.45, 7) is 1.16. The van der Waals surface area contributed by atoms with Gasteiger partial charge in [-0.3, -0.25) is 9.48 Å². The molecule has 134 valence electrons. The van der Waals surface area contributed by atoms with Gasteiger partial charge in [-0.05, 0) is 39.7 Å². The van der Waals surface area contributed by atoms with Gasteiger partial charge in [-0.1, -0.05) is 11.6 Å². The maximum absolute atomic E-state index is 12.8. The van der Waals surface area contributed by atoms with Gasteiger partial charge in [0, 0.05) is 18.1 Å². The van der Waals surface area contributed by atoms with E-state index < -0.39 is 16.9 Å². The van der Waals surface area contributed by atoms with Crippen LogP contribution in [0, 0.1) is 6.92 Å². The molecule has 9 heteroatoms. The van der Waals surface area contributed by atoms with Crippen LogP contribution in [-0.2, 0) is 17.5 Å². The van der Waals surface area contributed by atoms with E-state index in [9.17, 15) is 18.0 Å². The van der Waals surface area contributed by atoms with E-state index in [-0.39, 0.29) is 24.2 Å². The predicted molar refractivity (Wildman–Crippen MR) is 82.7 cm³/mol. The average molecular weight is 365 g/mol. The zero-order chi connectivity index (χ0) is 17.6. The van der Waals surface area contributed by atoms with Crippen molar-refractivity contribution in [2.75, 3.05) is 7.05 Å². The summed E-state index contributed by atoms with van der Waals surface area (Å²) < 4.78 is 39.5. The third-order valence-electron chi connectivity index (χ3n) is 5.16. The Balaban J connectivity index is 1.64. The predicted octanol–water partition coefficient (Wildman–Crippen LogP) is 2.61. The van der Waals surface area contributed by atoms with Gasteiger partial charge in [-0.25, -0.2) is 0 Å². The fourth-order valence-electron chi connectivity index (χ4n) is 3.80. The molecule has 2 aliphatic rings. The first-order valence-electron chi connectivity index (χ1n) is 7.98. The van der Waals surface area contributed by atoms with Crippen molar-refractivity contribution < 1.29 is 18.0 Å². The van der Waals surface area contributed by atoms with Gasteiger partial charge in [0.25, 0.3) is 0 Å². The molecule has 1 aromatic heterocycles. The lowest BCUT2D eigenvalue weighted by molar-refractivity contribution is -0.141. The number of nitrogens with zero attached hydrogens (tertiary/aromatic N) is 3. The maximum atomic E-state index is 12.8. The maximum Gasteiger partial charge on any atom is 0.436 e. The Morgan fingerprint density at radius 1 is 1.33 bits per heavy atom. The van der Waals surface area contributed by atoms with E-state index in [1.165, 1.54) is 6.92 Å². The standard InChI is InChI=1S/C15H20ClF3N4O/c1-8-13(16)14(15(17,18)19)21-23(8)7-12(24)20-9-5-10-3-4-11(6-9)22(10)2/h9-11H,3-7H2,1-2H3,(H,20,24). The Bertz CT molecular complexity index is 631. The molecule has 0 radical (unpaired) electrons. The number of carbonyl (C=O) groups is 1. The second-order valence-electron chi connectivity index (χ2n) is 6.69. The molecule has 2 atom stereocenters. The Kier molecular flexibility index (Phi) is 4.55. The molecule has 3 heterocycles. The smallest absolute Gasteiger partial charge is 0.352 e. The van der Waals surface area contributed by atoms with Crippen molar-refractivity contribution in [1.29, 1.82) is 0 Å². The SMILES string of the molecule is Cc1c(Cl)c(C(F)(F)F)nn1CC(=O)NC1CC2CCC(C1)N2C. The number of halogens is 4. The second-order valence-corrected chi connectivity index (χ2v) is 7.07. The van der Waals surface area contributed by atoms with Crippen molar-refractivity contribution in [3.63, 3.8) is 0 Å². The number of alkyl halides is 3. The number of hydrogen-bond donors (Lipinski definition) is 1. The van der Waals surface area contributed by atoms with Crippen molar-refractivity contribution in [3.8, 4) is 0 Å². The molecule has 3 rings (SSSR count). The normalized spacial score (nSPS) is 27.5. The molecule has 24 heavy (non-hydrogen) atoms. The average Bonchev–Trinajstić information content (AvgIpc) is 2.86. The van der Waals surface area contributed by atoms with Crippen molar-refractivity contribution in [2.45, 2.75) is 63.5 Å². The van der Waals surface area contributed by atoms with Crippen molar-refractivity contribution in [2.24, 2.45) is 0 Å². The van der Waals surface area contributed by atoms with Crippen LogP contribution < -0.4 is 5.32 Å². The van der Waals surface area contributed by atoms with Gasteiger partial charge < -0.3 is 10.2 Å². The van der Waals surface area contributed by atoms with Crippen molar-refractivity contribution >= 4 is 17.5 Å². The van der Waals surface area contributed by atoms with Gasteiger partial charge in [-0.15, -0.1) is 0 Å². The number of nitrogens with one attached hydrogen (secondary N) is 1. The molecule has 0 saturated carbocycles. The van der Waals surface area contributed by atoms with Gasteiger partial charge in [0.1, 0.15) is 6.54 Å². The minimum Gasteiger partial charge on any atom is -0.352 e. The molecular weight excluding hydrogens is 345 g/mol. The quantitative estimate of drug-likeness (QED) is 0.897. The Morgan fingerprint density at radius 3 is 2.42 bits per heavy atom. The van der Waals surface area contributed by atoms with Gasteiger partial charge >= 0.3 is 6.18 Å². The van der Waals surface area contributed by atoms with Gasteiger partial charge in [-0.2, -0.15) is 18.3 Å². The molecule has 2 bridgehead atoms. The minimum atomic E-state index is -4.63. The summed E-state index contributed by atoms with van der Waals surface area (Å²) in [6.07, 6.45) is -0.597. The first-order chi connectivity index (χ1) is 11.2. The monoisotopic (exact) mass is 364 g/mol. The number of amides is 1. The van der Waals surface area contributed by atoms with E-state index in [0.29, 0.717) is 12.1 Å². The minimum absolute atomic E-state index is 0.0691. The highest BCUT2D eigenvalue weighted by molar-refractivity contribution is 6.32. The van der Waals surface area contributed by atoms with Crippen LogP contribution >= 0.6 is 11.6 Å². The first kappa shape index (κ1) is 17.5. The van der Waals surface area contributed by atoms with E-state index in [2.05, 4.69) is 22.4 Å². The zero-order valence-corrected chi connectivity index (χ0v) is 14.3. The first-order valence-corrected chi connectivity index (χ1v) is 8.36. The molecule has 1 amide bonds. The molecule has 2 aliphatic heterocycles. The van der Waals surface area contributed by atoms with Crippen LogP contribution in [0.15, 0.2) is 0 Å². The Hall–Kier alpha value is -1.28. The highest BCUT2D eigenvalue weighted by Gasteiger charge is 2.40. The summed E-state index contributed by atoms with van der Waals surface area (Å²) in [5.41, 5.74) is -1.01. The van der Waals surface area contributed by atoms with E-state index in [1.54, 1.807) is 0 Å². The van der Waals surface area contributed by atoms with E-state index >= 15 is 0 Å². The number of carbonyl (C=O) groups excluding carboxylic acids is 1. The van der Waals surface area contributed by atoms with E-state index in [1.807, 2.05) is 0 Å². The summed E-state index contributed by atoms with van der Waals surface area (Å²) in [5, 5.41) is 5.94. The number of fused-ring (bicyclic) bond motifs is 2. The lowest BCUT2D eigenvalue weighted by Gasteiger charge is -2.36. The third kappa shape index (κ3) is 3.26. The van der Waals surface area contributed by atoms with Crippen molar-refractivity contribution in [3.05, 3.63) is 16.4 Å². The molecule has 2 fully saturated rings. The Labute approximate surface area is 143 Å². The van der Waals surface area contributed by atoms with Gasteiger partial charge in [0.2, 0.25) is 5.91 Å². The molecule has 0 aromatic carbocycles. The molecule has 1 N–H and O–H groups in total. The summed E-state index contributed by atoms with van der Waals surface area (Å²) in [5.74, 6) is -0.333. The van der Waals surface area contributed by atoms with E-state index in [0.717, 1.165) is 30.4 Å². The number of rotatable bonds is 3. The second kappa shape index (κ2) is 6.22. The Morgan fingerprint density at radius 2 is 1.92 bits per heavy atom. The highest BCUT2D eigenvalue weighted by atomic mass is 35.5. The number of hydrogen-bond acceptors (Lipinski definition) is 3. The van der Waals surface area contributed by atoms with Crippen LogP contribution in [0.1, 0.15) is 37.1 Å². The molecule has 2 unspecified atom stereocenters. The summed E-state index contributed by atoms with van der Waals surface area (Å²) >= 11 is 5.70. The fraction of sp³-hybridized carbons (Fsp3) is 0.733. The molecule has 5 nitrogen and oxygen atoms in total. The van der Waals surface area contributed by atoms with Crippen LogP contribution in [0.25, 0.3) is 0 Å². The van der Waals surface area contributed by atoms with Crippen LogP contribution in [0.3, 0.4) is 0 Å². The fourth-order valence-corrected chi connectivity index (χ4v) is 4.04. The molecule has 0 aliphatic carbocycles. The summed E-state index contributed by atoms with van der Waals surface area (Å²) in [7, 11) is 2.11. The zero-order valence-electron chi connectivity index (χ0n) is 13.5. The topological polar surface area (TPSA) is 50.2 Å². The van der Waals surface area contributed by atoms with Crippen molar-refractivity contribution in [1.82, 2.24) is 20.0 Å². The highest BCUT2D eigenvalue weighted by Crippen LogP contribution is 2.36. The lowest BCUT2D eigenvalue weighted by Crippen LogP contribution is -2.49. The van der Waals surface area contributed by atoms with E-state index in [4.69, 9.17) is 11.6 Å². The molecule has 0 spiro atoms. The third-order valence-corrected chi connectivity index (χ3v) is 5.61. The lowest BCUT2D eigenvalue weighted by atomic mass is 9.98. The summed E-state index contributed by atoms with van der Waals surface area (Å²) in [6, 6.07) is 1.03. The summed E-state index contributed by atoms with van der Waals surface area (Å²) in [4.78, 5) is 14.6. The largest absolute Gasteiger partial charge is 0.436 e. The number of piperidine rings is 1. The van der Waals surface area contributed by atoms with Crippen LogP contribution in [0.5, 0.6) is 0 Å².